The highest BCUT2D eigenvalue weighted by atomic mass is 32.1. The first-order valence-corrected chi connectivity index (χ1v) is 13.9. The van der Waals surface area contributed by atoms with Crippen LogP contribution in [-0.2, 0) is 27.2 Å². The van der Waals surface area contributed by atoms with Crippen molar-refractivity contribution in [3.05, 3.63) is 51.2 Å². The number of nitrogens with one attached hydrogen (secondary N) is 1. The molecule has 0 bridgehead atoms. The van der Waals surface area contributed by atoms with Gasteiger partial charge in [0.2, 0.25) is 0 Å². The number of piperazine rings is 1. The van der Waals surface area contributed by atoms with E-state index in [0.717, 1.165) is 55.3 Å². The lowest BCUT2D eigenvalue weighted by atomic mass is 10.0. The molecule has 2 saturated heterocycles. The van der Waals surface area contributed by atoms with Crippen LogP contribution < -0.4 is 0 Å². The number of rotatable bonds is 6. The molecule has 3 aromatic rings. The zero-order valence-corrected chi connectivity index (χ0v) is 22.6. The second kappa shape index (κ2) is 10.3. The molecular weight excluding hydrogens is 484 g/mol. The Balaban J connectivity index is 1.08. The predicted molar refractivity (Wildman–Crippen MR) is 146 cm³/mol. The minimum absolute atomic E-state index is 0.0288. The molecule has 0 radical (unpaired) electrons. The molecular formula is C29H34N4O3S. The third-order valence-electron chi connectivity index (χ3n) is 7.31. The summed E-state index contributed by atoms with van der Waals surface area (Å²) in [5, 5.41) is 10.2. The van der Waals surface area contributed by atoms with Gasteiger partial charge >= 0.3 is 0 Å². The van der Waals surface area contributed by atoms with Crippen molar-refractivity contribution in [1.29, 1.82) is 0 Å². The smallest absolute Gasteiger partial charge is 0.163 e. The second-order valence-electron chi connectivity index (χ2n) is 10.6. The van der Waals surface area contributed by atoms with E-state index in [1.807, 2.05) is 13.8 Å². The van der Waals surface area contributed by atoms with E-state index in [0.29, 0.717) is 19.8 Å². The molecule has 0 amide bonds. The summed E-state index contributed by atoms with van der Waals surface area (Å²) in [5.41, 5.74) is 8.66. The average molecular weight is 519 g/mol. The van der Waals surface area contributed by atoms with Crippen molar-refractivity contribution in [2.45, 2.75) is 38.7 Å². The zero-order chi connectivity index (χ0) is 25.4. The molecule has 7 nitrogen and oxygen atoms in total. The number of nitrogens with zero attached hydrogens (tertiary/aromatic N) is 3. The van der Waals surface area contributed by atoms with Crippen LogP contribution in [0.25, 0.3) is 22.5 Å². The summed E-state index contributed by atoms with van der Waals surface area (Å²) < 4.78 is 17.0. The van der Waals surface area contributed by atoms with Crippen molar-refractivity contribution in [2.75, 3.05) is 53.0 Å². The highest BCUT2D eigenvalue weighted by Crippen LogP contribution is 2.41. The van der Waals surface area contributed by atoms with Crippen LogP contribution in [0.4, 0.5) is 0 Å². The molecule has 1 aromatic carbocycles. The van der Waals surface area contributed by atoms with Crippen LogP contribution in [0, 0.1) is 11.8 Å². The minimum Gasteiger partial charge on any atom is -0.366 e. The summed E-state index contributed by atoms with van der Waals surface area (Å²) >= 11 is 1.65. The van der Waals surface area contributed by atoms with Crippen molar-refractivity contribution in [2.24, 2.45) is 0 Å². The molecule has 1 unspecified atom stereocenters. The lowest BCUT2D eigenvalue weighted by molar-refractivity contribution is -0.144. The van der Waals surface area contributed by atoms with E-state index in [4.69, 9.17) is 19.3 Å². The van der Waals surface area contributed by atoms with Crippen LogP contribution in [0.3, 0.4) is 0 Å². The number of fused-ring (bicyclic) bond motifs is 3. The molecule has 37 heavy (non-hydrogen) atoms. The fraction of sp³-hybridized carbons (Fsp3) is 0.483. The van der Waals surface area contributed by atoms with Gasteiger partial charge in [-0.15, -0.1) is 11.3 Å². The average Bonchev–Trinajstić information content (AvgIpc) is 3.64. The lowest BCUT2D eigenvalue weighted by Gasteiger charge is -2.32. The normalized spacial score (nSPS) is 21.0. The Morgan fingerprint density at radius 1 is 1.22 bits per heavy atom. The Morgan fingerprint density at radius 3 is 2.89 bits per heavy atom. The zero-order valence-electron chi connectivity index (χ0n) is 21.8. The number of ether oxygens (including phenoxy) is 3. The topological polar surface area (TPSA) is 62.9 Å². The van der Waals surface area contributed by atoms with Gasteiger partial charge in [-0.05, 0) is 44.2 Å². The molecule has 1 N–H and O–H groups in total. The summed E-state index contributed by atoms with van der Waals surface area (Å²) in [4.78, 5) is 5.96. The van der Waals surface area contributed by atoms with E-state index in [9.17, 15) is 0 Å². The molecule has 8 heteroatoms. The summed E-state index contributed by atoms with van der Waals surface area (Å²) in [6.45, 7) is 10.8. The lowest BCUT2D eigenvalue weighted by Crippen LogP contribution is -2.43. The summed E-state index contributed by atoms with van der Waals surface area (Å²) in [7, 11) is 2.20. The number of hydrogen-bond donors (Lipinski definition) is 1. The SMILES string of the molecule is CN1CCN(Cc2ccc3c(c2)-c2[nH]nc(-c4csc(C#CCOCC5COC(C)(C)O5)c4)c2C3)CC1. The van der Waals surface area contributed by atoms with Crippen LogP contribution >= 0.6 is 11.3 Å². The van der Waals surface area contributed by atoms with Gasteiger partial charge in [-0.1, -0.05) is 24.0 Å². The van der Waals surface area contributed by atoms with Gasteiger partial charge in [0.05, 0.1) is 29.5 Å². The van der Waals surface area contributed by atoms with Crippen molar-refractivity contribution in [3.8, 4) is 34.4 Å². The quantitative estimate of drug-likeness (QED) is 0.308. The number of H-pyrrole nitrogens is 1. The van der Waals surface area contributed by atoms with Crippen molar-refractivity contribution < 1.29 is 14.2 Å². The van der Waals surface area contributed by atoms with Crippen molar-refractivity contribution in [3.63, 3.8) is 0 Å². The van der Waals surface area contributed by atoms with Crippen LogP contribution in [0.1, 0.15) is 35.4 Å². The Bertz CT molecular complexity index is 1330. The van der Waals surface area contributed by atoms with Crippen molar-refractivity contribution in [1.82, 2.24) is 20.0 Å². The molecule has 0 spiro atoms. The second-order valence-corrected chi connectivity index (χ2v) is 11.6. The number of hydrogen-bond acceptors (Lipinski definition) is 7. The number of aromatic amines is 1. The van der Waals surface area contributed by atoms with E-state index >= 15 is 0 Å². The highest BCUT2D eigenvalue weighted by molar-refractivity contribution is 7.11. The first kappa shape index (κ1) is 24.8. The third-order valence-corrected chi connectivity index (χ3v) is 8.16. The molecule has 1 aliphatic carbocycles. The summed E-state index contributed by atoms with van der Waals surface area (Å²) in [6.07, 6.45) is 0.888. The molecule has 6 rings (SSSR count). The van der Waals surface area contributed by atoms with Gasteiger partial charge < -0.3 is 19.1 Å². The van der Waals surface area contributed by atoms with Gasteiger partial charge in [-0.2, -0.15) is 5.10 Å². The van der Waals surface area contributed by atoms with E-state index in [1.54, 1.807) is 11.3 Å². The standard InChI is InChI=1S/C29H34N4O3S/c1-29(2)35-18-23(36-29)17-34-12-4-5-24-14-22(19-37-24)27-26-15-21-7-6-20(13-25(21)28(26)31-30-27)16-33-10-8-32(3)9-11-33/h6-7,13-14,19,23H,8-12,15-18H2,1-3H3,(H,30,31). The monoisotopic (exact) mass is 518 g/mol. The number of likely N-dealkylation sites (N-methyl/N-ethyl adjacent to an activating group) is 1. The van der Waals surface area contributed by atoms with Gasteiger partial charge in [0.15, 0.2) is 5.79 Å². The van der Waals surface area contributed by atoms with Crippen molar-refractivity contribution >= 4 is 11.3 Å². The number of aromatic nitrogens is 2. The maximum Gasteiger partial charge on any atom is 0.163 e. The van der Waals surface area contributed by atoms with E-state index in [1.165, 1.54) is 27.9 Å². The van der Waals surface area contributed by atoms with Crippen LogP contribution in [0.2, 0.25) is 0 Å². The van der Waals surface area contributed by atoms with Crippen LogP contribution in [0.5, 0.6) is 0 Å². The Hall–Kier alpha value is -2.51. The Kier molecular flexibility index (Phi) is 6.93. The molecule has 1 atom stereocenters. The van der Waals surface area contributed by atoms with E-state index in [-0.39, 0.29) is 6.10 Å². The highest BCUT2D eigenvalue weighted by Gasteiger charge is 2.32. The fourth-order valence-electron chi connectivity index (χ4n) is 5.30. The third kappa shape index (κ3) is 5.53. The Labute approximate surface area is 222 Å². The minimum atomic E-state index is -0.520. The molecule has 2 aromatic heterocycles. The first-order chi connectivity index (χ1) is 17.9. The number of benzene rings is 1. The van der Waals surface area contributed by atoms with Gasteiger partial charge in [0.1, 0.15) is 12.7 Å². The van der Waals surface area contributed by atoms with Gasteiger partial charge in [0.25, 0.3) is 0 Å². The van der Waals surface area contributed by atoms with Gasteiger partial charge in [-0.3, -0.25) is 10.00 Å². The number of thiophene rings is 1. The molecule has 2 fully saturated rings. The largest absolute Gasteiger partial charge is 0.366 e. The summed E-state index contributed by atoms with van der Waals surface area (Å²) in [5.74, 6) is 5.83. The van der Waals surface area contributed by atoms with Gasteiger partial charge in [-0.25, -0.2) is 0 Å². The Morgan fingerprint density at radius 2 is 2.08 bits per heavy atom. The van der Waals surface area contributed by atoms with E-state index in [2.05, 4.69) is 63.4 Å². The predicted octanol–water partition coefficient (Wildman–Crippen LogP) is 3.98. The maximum absolute atomic E-state index is 5.76. The molecule has 3 aliphatic rings. The molecule has 4 heterocycles. The van der Waals surface area contributed by atoms with Crippen LogP contribution in [-0.4, -0.2) is 84.9 Å². The van der Waals surface area contributed by atoms with Gasteiger partial charge in [0, 0.05) is 61.2 Å². The van der Waals surface area contributed by atoms with Crippen LogP contribution in [0.15, 0.2) is 29.6 Å². The maximum atomic E-state index is 5.76. The molecule has 194 valence electrons. The molecule has 2 aliphatic heterocycles. The molecule has 0 saturated carbocycles. The van der Waals surface area contributed by atoms with E-state index < -0.39 is 5.79 Å². The first-order valence-electron chi connectivity index (χ1n) is 13.0. The summed E-state index contributed by atoms with van der Waals surface area (Å²) in [6, 6.07) is 9.08. The fourth-order valence-corrected chi connectivity index (χ4v) is 6.06.